The maximum Gasteiger partial charge on any atom is 0.163 e. The monoisotopic (exact) mass is 322 g/mol. The molecule has 2 atom stereocenters. The number of benzene rings is 2. The van der Waals surface area contributed by atoms with Gasteiger partial charge in [0.05, 0.1) is 0 Å². The van der Waals surface area contributed by atoms with Crippen LogP contribution in [0.15, 0.2) is 54.6 Å². The Balaban J connectivity index is 1.85. The zero-order valence-corrected chi connectivity index (χ0v) is 13.7. The summed E-state index contributed by atoms with van der Waals surface area (Å²) < 4.78 is 0. The molecule has 3 rings (SSSR count). The van der Waals surface area contributed by atoms with Crippen molar-refractivity contribution in [3.05, 3.63) is 65.7 Å². The fourth-order valence-electron chi connectivity index (χ4n) is 3.59. The standard InChI is InChI=1S/C21H22O3/c22-17-12-10-16(11-13-17)21(24)14-19(15-6-2-1-3-7-15)18-8-4-5-9-20(18)23/h1-3,6-7,10-13,18-19,22H,4-5,8-9,14H2. The summed E-state index contributed by atoms with van der Waals surface area (Å²) >= 11 is 0. The fraction of sp³-hybridized carbons (Fsp3) is 0.333. The maximum atomic E-state index is 12.7. The molecule has 2 unspecified atom stereocenters. The van der Waals surface area contributed by atoms with Gasteiger partial charge in [0, 0.05) is 30.2 Å². The first-order chi connectivity index (χ1) is 11.6. The number of ketones is 2. The molecule has 24 heavy (non-hydrogen) atoms. The summed E-state index contributed by atoms with van der Waals surface area (Å²) in [6, 6.07) is 16.2. The van der Waals surface area contributed by atoms with Gasteiger partial charge in [-0.1, -0.05) is 36.8 Å². The number of carbonyl (C=O) groups excluding carboxylic acids is 2. The van der Waals surface area contributed by atoms with E-state index in [1.165, 1.54) is 12.1 Å². The summed E-state index contributed by atoms with van der Waals surface area (Å²) in [6.07, 6.45) is 3.82. The van der Waals surface area contributed by atoms with Crippen molar-refractivity contribution in [2.24, 2.45) is 5.92 Å². The Morgan fingerprint density at radius 3 is 2.42 bits per heavy atom. The van der Waals surface area contributed by atoms with Crippen molar-refractivity contribution in [3.8, 4) is 5.75 Å². The van der Waals surface area contributed by atoms with Crippen LogP contribution in [0.4, 0.5) is 0 Å². The van der Waals surface area contributed by atoms with Crippen molar-refractivity contribution in [2.45, 2.75) is 38.0 Å². The lowest BCUT2D eigenvalue weighted by Crippen LogP contribution is -2.27. The van der Waals surface area contributed by atoms with E-state index in [0.29, 0.717) is 18.4 Å². The molecule has 0 spiro atoms. The van der Waals surface area contributed by atoms with Crippen LogP contribution in [-0.2, 0) is 4.79 Å². The van der Waals surface area contributed by atoms with E-state index >= 15 is 0 Å². The molecule has 1 N–H and O–H groups in total. The first kappa shape index (κ1) is 16.4. The number of carbonyl (C=O) groups is 2. The largest absolute Gasteiger partial charge is 0.508 e. The smallest absolute Gasteiger partial charge is 0.163 e. The molecule has 124 valence electrons. The molecule has 1 saturated carbocycles. The van der Waals surface area contributed by atoms with Crippen molar-refractivity contribution >= 4 is 11.6 Å². The summed E-state index contributed by atoms with van der Waals surface area (Å²) in [7, 11) is 0. The second-order valence-corrected chi connectivity index (χ2v) is 6.51. The predicted molar refractivity (Wildman–Crippen MR) is 93.2 cm³/mol. The third-order valence-corrected chi connectivity index (χ3v) is 4.91. The van der Waals surface area contributed by atoms with E-state index in [0.717, 1.165) is 24.8 Å². The highest BCUT2D eigenvalue weighted by Crippen LogP contribution is 2.37. The minimum absolute atomic E-state index is 0.0160. The first-order valence-corrected chi connectivity index (χ1v) is 8.55. The molecule has 2 aromatic carbocycles. The van der Waals surface area contributed by atoms with E-state index in [2.05, 4.69) is 0 Å². The van der Waals surface area contributed by atoms with Gasteiger partial charge in [-0.05, 0) is 42.7 Å². The van der Waals surface area contributed by atoms with E-state index in [4.69, 9.17) is 0 Å². The van der Waals surface area contributed by atoms with Crippen LogP contribution in [0.5, 0.6) is 5.75 Å². The van der Waals surface area contributed by atoms with Gasteiger partial charge < -0.3 is 5.11 Å². The number of phenolic OH excluding ortho intramolecular Hbond substituents is 1. The summed E-state index contributed by atoms with van der Waals surface area (Å²) in [5.74, 6) is 0.312. The maximum absolute atomic E-state index is 12.7. The minimum Gasteiger partial charge on any atom is -0.508 e. The Hall–Kier alpha value is -2.42. The zero-order valence-electron chi connectivity index (χ0n) is 13.7. The normalized spacial score (nSPS) is 19.0. The number of hydrogen-bond acceptors (Lipinski definition) is 3. The zero-order chi connectivity index (χ0) is 16.9. The molecular weight excluding hydrogens is 300 g/mol. The molecule has 0 radical (unpaired) electrons. The molecule has 0 aliphatic heterocycles. The second-order valence-electron chi connectivity index (χ2n) is 6.51. The highest BCUT2D eigenvalue weighted by Gasteiger charge is 2.32. The van der Waals surface area contributed by atoms with Gasteiger partial charge in [0.25, 0.3) is 0 Å². The molecule has 2 aromatic rings. The van der Waals surface area contributed by atoms with Crippen molar-refractivity contribution < 1.29 is 14.7 Å². The Labute approximate surface area is 142 Å². The van der Waals surface area contributed by atoms with Crippen LogP contribution in [0.3, 0.4) is 0 Å². The van der Waals surface area contributed by atoms with Crippen LogP contribution >= 0.6 is 0 Å². The molecule has 3 heteroatoms. The van der Waals surface area contributed by atoms with Gasteiger partial charge in [-0.25, -0.2) is 0 Å². The van der Waals surface area contributed by atoms with Gasteiger partial charge in [0.15, 0.2) is 5.78 Å². The quantitative estimate of drug-likeness (QED) is 0.824. The molecule has 0 saturated heterocycles. The van der Waals surface area contributed by atoms with E-state index in [9.17, 15) is 14.7 Å². The molecule has 0 amide bonds. The van der Waals surface area contributed by atoms with Gasteiger partial charge >= 0.3 is 0 Å². The summed E-state index contributed by atoms with van der Waals surface area (Å²) in [4.78, 5) is 25.1. The molecular formula is C21H22O3. The van der Waals surface area contributed by atoms with Crippen molar-refractivity contribution in [1.29, 1.82) is 0 Å². The number of aromatic hydroxyl groups is 1. The Morgan fingerprint density at radius 2 is 1.75 bits per heavy atom. The average Bonchev–Trinajstić information content (AvgIpc) is 2.61. The van der Waals surface area contributed by atoms with E-state index in [1.807, 2.05) is 30.3 Å². The molecule has 1 aliphatic carbocycles. The van der Waals surface area contributed by atoms with E-state index in [-0.39, 0.29) is 29.2 Å². The Bertz CT molecular complexity index is 704. The van der Waals surface area contributed by atoms with Crippen molar-refractivity contribution in [3.63, 3.8) is 0 Å². The topological polar surface area (TPSA) is 54.4 Å². The molecule has 3 nitrogen and oxygen atoms in total. The molecule has 0 aromatic heterocycles. The van der Waals surface area contributed by atoms with Crippen molar-refractivity contribution in [2.75, 3.05) is 0 Å². The summed E-state index contributed by atoms with van der Waals surface area (Å²) in [5.41, 5.74) is 1.64. The first-order valence-electron chi connectivity index (χ1n) is 8.55. The lowest BCUT2D eigenvalue weighted by molar-refractivity contribution is -0.125. The van der Waals surface area contributed by atoms with Gasteiger partial charge in [-0.2, -0.15) is 0 Å². The van der Waals surface area contributed by atoms with Gasteiger partial charge in [-0.15, -0.1) is 0 Å². The van der Waals surface area contributed by atoms with Crippen LogP contribution in [0.1, 0.15) is 53.9 Å². The highest BCUT2D eigenvalue weighted by atomic mass is 16.3. The Morgan fingerprint density at radius 1 is 1.04 bits per heavy atom. The molecule has 0 bridgehead atoms. The van der Waals surface area contributed by atoms with Gasteiger partial charge in [-0.3, -0.25) is 9.59 Å². The lowest BCUT2D eigenvalue weighted by Gasteiger charge is -2.29. The molecule has 1 fully saturated rings. The SMILES string of the molecule is O=C(CC(c1ccccc1)C1CCCCC1=O)c1ccc(O)cc1. The Kier molecular flexibility index (Phi) is 5.09. The number of rotatable bonds is 5. The average molecular weight is 322 g/mol. The molecule has 1 aliphatic rings. The molecule has 0 heterocycles. The van der Waals surface area contributed by atoms with Gasteiger partial charge in [0.2, 0.25) is 0 Å². The lowest BCUT2D eigenvalue weighted by atomic mass is 9.73. The van der Waals surface area contributed by atoms with Crippen LogP contribution in [0.25, 0.3) is 0 Å². The van der Waals surface area contributed by atoms with Crippen LogP contribution in [0.2, 0.25) is 0 Å². The van der Waals surface area contributed by atoms with Crippen LogP contribution < -0.4 is 0 Å². The third-order valence-electron chi connectivity index (χ3n) is 4.91. The fourth-order valence-corrected chi connectivity index (χ4v) is 3.59. The van der Waals surface area contributed by atoms with Crippen LogP contribution in [0, 0.1) is 5.92 Å². The van der Waals surface area contributed by atoms with E-state index < -0.39 is 0 Å². The number of phenols is 1. The summed E-state index contributed by atoms with van der Waals surface area (Å²) in [5, 5.41) is 9.38. The summed E-state index contributed by atoms with van der Waals surface area (Å²) in [6.45, 7) is 0. The van der Waals surface area contributed by atoms with Crippen LogP contribution in [-0.4, -0.2) is 16.7 Å². The number of Topliss-reactive ketones (excluding diaryl/α,β-unsaturated/α-hetero) is 2. The van der Waals surface area contributed by atoms with Gasteiger partial charge in [0.1, 0.15) is 11.5 Å². The highest BCUT2D eigenvalue weighted by molar-refractivity contribution is 5.97. The number of hydrogen-bond donors (Lipinski definition) is 1. The third kappa shape index (κ3) is 3.73. The second kappa shape index (κ2) is 7.43. The minimum atomic E-state index is -0.0692. The van der Waals surface area contributed by atoms with Crippen molar-refractivity contribution in [1.82, 2.24) is 0 Å². The predicted octanol–water partition coefficient (Wildman–Crippen LogP) is 4.51. The van der Waals surface area contributed by atoms with E-state index in [1.54, 1.807) is 12.1 Å².